The summed E-state index contributed by atoms with van der Waals surface area (Å²) in [5.74, 6) is 0.255. The van der Waals surface area contributed by atoms with Crippen molar-refractivity contribution < 1.29 is 4.79 Å². The molecule has 1 saturated heterocycles. The van der Waals surface area contributed by atoms with Gasteiger partial charge in [-0.2, -0.15) is 0 Å². The Morgan fingerprint density at radius 1 is 1.17 bits per heavy atom. The van der Waals surface area contributed by atoms with E-state index in [0.717, 1.165) is 50.2 Å². The molecule has 7 nitrogen and oxygen atoms in total. The molecule has 1 saturated carbocycles. The first-order valence-electron chi connectivity index (χ1n) is 9.11. The third-order valence-corrected chi connectivity index (χ3v) is 5.34. The Bertz CT molecular complexity index is 572. The van der Waals surface area contributed by atoms with Crippen LogP contribution in [0.3, 0.4) is 0 Å². The van der Waals surface area contributed by atoms with Crippen LogP contribution in [-0.4, -0.2) is 53.3 Å². The van der Waals surface area contributed by atoms with Gasteiger partial charge in [-0.3, -0.25) is 15.2 Å². The van der Waals surface area contributed by atoms with Gasteiger partial charge >= 0.3 is 0 Å². The van der Waals surface area contributed by atoms with Gasteiger partial charge < -0.3 is 10.3 Å². The van der Waals surface area contributed by atoms with Crippen LogP contribution in [0.2, 0.25) is 0 Å². The maximum atomic E-state index is 12.4. The monoisotopic (exact) mass is 330 g/mol. The maximum Gasteiger partial charge on any atom is 0.241 e. The summed E-state index contributed by atoms with van der Waals surface area (Å²) in [7, 11) is 0. The fourth-order valence-electron chi connectivity index (χ4n) is 3.90. The first-order valence-corrected chi connectivity index (χ1v) is 9.11. The second-order valence-corrected chi connectivity index (χ2v) is 6.97. The molecule has 0 radical (unpaired) electrons. The van der Waals surface area contributed by atoms with Crippen molar-refractivity contribution in [1.29, 1.82) is 0 Å². The summed E-state index contributed by atoms with van der Waals surface area (Å²) < 4.78 is 0. The third-order valence-electron chi connectivity index (χ3n) is 5.34. The molecule has 1 aliphatic carbocycles. The van der Waals surface area contributed by atoms with E-state index in [1.807, 2.05) is 12.4 Å². The zero-order chi connectivity index (χ0) is 16.4. The molecule has 0 aromatic heterocycles. The summed E-state index contributed by atoms with van der Waals surface area (Å²) in [6.45, 7) is 4.36. The molecule has 1 amide bonds. The van der Waals surface area contributed by atoms with E-state index in [-0.39, 0.29) is 11.8 Å². The number of likely N-dealkylation sites (tertiary alicyclic amines) is 1. The number of aliphatic imine (C=N–C) groups is 1. The molecular weight excluding hydrogens is 304 g/mol. The first kappa shape index (κ1) is 15.5. The number of nitrogens with one attached hydrogen (secondary N) is 2. The Balaban J connectivity index is 1.34. The van der Waals surface area contributed by atoms with E-state index >= 15 is 0 Å². The van der Waals surface area contributed by atoms with E-state index in [2.05, 4.69) is 25.8 Å². The molecule has 2 N–H and O–H groups in total. The van der Waals surface area contributed by atoms with Crippen molar-refractivity contribution in [1.82, 2.24) is 25.8 Å². The standard InChI is InChI=1S/C17H26N6O/c24-17(14-5-1-2-6-14)20-23-13-18-11-15-16(23)12-19-22(15)10-9-21-7-3-4-8-21/h11-14,19H,1-10H2,(H,20,24). The van der Waals surface area contributed by atoms with Gasteiger partial charge in [0.2, 0.25) is 5.91 Å². The van der Waals surface area contributed by atoms with Crippen LogP contribution in [0.5, 0.6) is 0 Å². The molecule has 7 heteroatoms. The van der Waals surface area contributed by atoms with Gasteiger partial charge in [0.25, 0.3) is 0 Å². The number of amides is 1. The fraction of sp³-hybridized carbons (Fsp3) is 0.647. The van der Waals surface area contributed by atoms with Gasteiger partial charge in [-0.1, -0.05) is 12.8 Å². The minimum Gasteiger partial charge on any atom is -0.303 e. The van der Waals surface area contributed by atoms with Crippen molar-refractivity contribution in [2.45, 2.75) is 38.5 Å². The largest absolute Gasteiger partial charge is 0.303 e. The third kappa shape index (κ3) is 3.13. The first-order chi connectivity index (χ1) is 11.8. The topological polar surface area (TPSA) is 63.2 Å². The number of hydrogen-bond donors (Lipinski definition) is 2. The second kappa shape index (κ2) is 6.84. The highest BCUT2D eigenvalue weighted by Gasteiger charge is 2.30. The molecular formula is C17H26N6O. The van der Waals surface area contributed by atoms with E-state index in [0.29, 0.717) is 0 Å². The lowest BCUT2D eigenvalue weighted by molar-refractivity contribution is -0.127. The highest BCUT2D eigenvalue weighted by atomic mass is 16.2. The van der Waals surface area contributed by atoms with E-state index in [4.69, 9.17) is 0 Å². The molecule has 3 aliphatic heterocycles. The van der Waals surface area contributed by atoms with Crippen LogP contribution in [-0.2, 0) is 4.79 Å². The molecule has 0 unspecified atom stereocenters. The highest BCUT2D eigenvalue weighted by Crippen LogP contribution is 2.27. The van der Waals surface area contributed by atoms with Crippen LogP contribution in [0.25, 0.3) is 0 Å². The van der Waals surface area contributed by atoms with Gasteiger partial charge in [0, 0.05) is 18.7 Å². The summed E-state index contributed by atoms with van der Waals surface area (Å²) >= 11 is 0. The van der Waals surface area contributed by atoms with Crippen LogP contribution >= 0.6 is 0 Å². The van der Waals surface area contributed by atoms with E-state index in [1.165, 1.54) is 25.9 Å². The molecule has 3 heterocycles. The van der Waals surface area contributed by atoms with Crippen LogP contribution in [0.1, 0.15) is 38.5 Å². The van der Waals surface area contributed by atoms with Crippen LogP contribution in [0, 0.1) is 5.92 Å². The van der Waals surface area contributed by atoms with Gasteiger partial charge in [0.05, 0.1) is 12.7 Å². The fourth-order valence-corrected chi connectivity index (χ4v) is 3.90. The Kier molecular flexibility index (Phi) is 4.42. The number of carbonyl (C=O) groups excluding carboxylic acids is 1. The lowest BCUT2D eigenvalue weighted by Crippen LogP contribution is -2.45. The van der Waals surface area contributed by atoms with E-state index in [1.54, 1.807) is 11.3 Å². The van der Waals surface area contributed by atoms with Gasteiger partial charge in [0.1, 0.15) is 17.7 Å². The van der Waals surface area contributed by atoms with Crippen molar-refractivity contribution >= 4 is 12.2 Å². The van der Waals surface area contributed by atoms with E-state index in [9.17, 15) is 4.79 Å². The quantitative estimate of drug-likeness (QED) is 0.792. The molecule has 130 valence electrons. The Morgan fingerprint density at radius 2 is 1.96 bits per heavy atom. The van der Waals surface area contributed by atoms with Crippen LogP contribution in [0.15, 0.2) is 28.8 Å². The van der Waals surface area contributed by atoms with Crippen molar-refractivity contribution in [3.63, 3.8) is 0 Å². The lowest BCUT2D eigenvalue weighted by atomic mass is 10.1. The molecule has 4 aliphatic rings. The molecule has 0 bridgehead atoms. The predicted octanol–water partition coefficient (Wildman–Crippen LogP) is 1.15. The van der Waals surface area contributed by atoms with Gasteiger partial charge in [-0.15, -0.1) is 0 Å². The number of hydrazine groups is 2. The number of carbonyl (C=O) groups is 1. The van der Waals surface area contributed by atoms with Gasteiger partial charge in [-0.25, -0.2) is 10.0 Å². The average molecular weight is 330 g/mol. The summed E-state index contributed by atoms with van der Waals surface area (Å²) in [6, 6.07) is 0. The van der Waals surface area contributed by atoms with E-state index < -0.39 is 0 Å². The summed E-state index contributed by atoms with van der Waals surface area (Å²) in [5, 5.41) is 3.86. The van der Waals surface area contributed by atoms with Crippen molar-refractivity contribution in [3.8, 4) is 0 Å². The SMILES string of the molecule is O=C(NN1C=NC=C2C1=CNN2CCN1CCCC1)C1CCCC1. The smallest absolute Gasteiger partial charge is 0.241 e. The number of nitrogens with zero attached hydrogens (tertiary/aromatic N) is 4. The van der Waals surface area contributed by atoms with Crippen molar-refractivity contribution in [3.05, 3.63) is 23.8 Å². The normalized spacial score (nSPS) is 24.0. The predicted molar refractivity (Wildman–Crippen MR) is 92.1 cm³/mol. The van der Waals surface area contributed by atoms with Crippen molar-refractivity contribution in [2.75, 3.05) is 26.2 Å². The zero-order valence-electron chi connectivity index (χ0n) is 14.1. The molecule has 24 heavy (non-hydrogen) atoms. The van der Waals surface area contributed by atoms with Gasteiger partial charge in [-0.05, 0) is 38.8 Å². The van der Waals surface area contributed by atoms with Crippen molar-refractivity contribution in [2.24, 2.45) is 10.9 Å². The van der Waals surface area contributed by atoms with Crippen LogP contribution in [0.4, 0.5) is 0 Å². The summed E-state index contributed by atoms with van der Waals surface area (Å²) in [6.07, 6.45) is 12.4. The molecule has 0 atom stereocenters. The summed E-state index contributed by atoms with van der Waals surface area (Å²) in [5.41, 5.74) is 8.28. The minimum absolute atomic E-state index is 0.108. The Labute approximate surface area is 143 Å². The number of hydrogen-bond acceptors (Lipinski definition) is 6. The maximum absolute atomic E-state index is 12.4. The summed E-state index contributed by atoms with van der Waals surface area (Å²) in [4.78, 5) is 19.2. The molecule has 2 fully saturated rings. The van der Waals surface area contributed by atoms with Crippen LogP contribution < -0.4 is 10.9 Å². The molecule has 4 rings (SSSR count). The highest BCUT2D eigenvalue weighted by molar-refractivity contribution is 5.81. The second-order valence-electron chi connectivity index (χ2n) is 6.97. The molecule has 0 spiro atoms. The average Bonchev–Trinajstić information content (AvgIpc) is 3.34. The number of rotatable bonds is 5. The number of fused-ring (bicyclic) bond motifs is 1. The van der Waals surface area contributed by atoms with Gasteiger partial charge in [0.15, 0.2) is 0 Å². The Morgan fingerprint density at radius 3 is 2.75 bits per heavy atom. The Hall–Kier alpha value is -2.02. The zero-order valence-corrected chi connectivity index (χ0v) is 14.1. The molecule has 0 aromatic carbocycles. The minimum atomic E-state index is 0.108. The molecule has 0 aromatic rings. The lowest BCUT2D eigenvalue weighted by Gasteiger charge is -2.29.